The monoisotopic (exact) mass is 276 g/mol. The smallest absolute Gasteiger partial charge is 0.243 e. The van der Waals surface area contributed by atoms with Gasteiger partial charge in [-0.3, -0.25) is 9.59 Å². The molecule has 0 radical (unpaired) electrons. The lowest BCUT2D eigenvalue weighted by Crippen LogP contribution is -2.05. The van der Waals surface area contributed by atoms with Crippen LogP contribution < -0.4 is 5.32 Å². The van der Waals surface area contributed by atoms with Crippen molar-refractivity contribution in [2.24, 2.45) is 0 Å². The molecule has 0 fully saturated rings. The molecule has 0 saturated carbocycles. The zero-order valence-corrected chi connectivity index (χ0v) is 11.4. The summed E-state index contributed by atoms with van der Waals surface area (Å²) in [4.78, 5) is 27.8. The number of nitrogens with one attached hydrogen (secondary N) is 1. The number of amides is 1. The fourth-order valence-electron chi connectivity index (χ4n) is 2.11. The molecule has 1 N–H and O–H groups in total. The number of aromatic nitrogens is 3. The fourth-order valence-corrected chi connectivity index (χ4v) is 3.19. The molecule has 0 aliphatic heterocycles. The number of nitrogens with zero attached hydrogens (tertiary/aromatic N) is 3. The van der Waals surface area contributed by atoms with Crippen LogP contribution in [-0.4, -0.2) is 26.6 Å². The Bertz CT molecular complexity index is 686. The Balaban J connectivity index is 2.05. The summed E-state index contributed by atoms with van der Waals surface area (Å²) in [7, 11) is 0. The topological polar surface area (TPSA) is 76.9 Å². The number of thiazole rings is 1. The van der Waals surface area contributed by atoms with Gasteiger partial charge in [-0.2, -0.15) is 5.10 Å². The van der Waals surface area contributed by atoms with Gasteiger partial charge >= 0.3 is 0 Å². The molecule has 98 valence electrons. The fraction of sp³-hybridized carbons (Fsp3) is 0.333. The van der Waals surface area contributed by atoms with Gasteiger partial charge in [0, 0.05) is 20.0 Å². The molecule has 0 spiro atoms. The van der Waals surface area contributed by atoms with E-state index < -0.39 is 0 Å². The van der Waals surface area contributed by atoms with Gasteiger partial charge in [0.1, 0.15) is 5.69 Å². The maximum Gasteiger partial charge on any atom is 0.243 e. The van der Waals surface area contributed by atoms with Crippen LogP contribution in [0.25, 0.3) is 10.6 Å². The van der Waals surface area contributed by atoms with Crippen molar-refractivity contribution in [2.45, 2.75) is 26.7 Å². The largest absolute Gasteiger partial charge is 0.302 e. The van der Waals surface area contributed by atoms with Crippen molar-refractivity contribution in [1.29, 1.82) is 0 Å². The summed E-state index contributed by atoms with van der Waals surface area (Å²) in [5.41, 5.74) is 2.81. The average Bonchev–Trinajstić information content (AvgIpc) is 2.88. The summed E-state index contributed by atoms with van der Waals surface area (Å²) < 4.78 is 1.36. The minimum absolute atomic E-state index is 0.109. The number of hydrogen-bond acceptors (Lipinski definition) is 5. The van der Waals surface area contributed by atoms with Gasteiger partial charge in [-0.05, 0) is 18.4 Å². The zero-order chi connectivity index (χ0) is 13.6. The minimum Gasteiger partial charge on any atom is -0.302 e. The molecule has 7 heteroatoms. The minimum atomic E-state index is -0.138. The first kappa shape index (κ1) is 12.0. The molecule has 1 aliphatic rings. The van der Waals surface area contributed by atoms with E-state index in [9.17, 15) is 9.59 Å². The van der Waals surface area contributed by atoms with E-state index in [1.54, 1.807) is 6.20 Å². The van der Waals surface area contributed by atoms with Crippen molar-refractivity contribution in [3.63, 3.8) is 0 Å². The average molecular weight is 276 g/mol. The van der Waals surface area contributed by atoms with Gasteiger partial charge in [-0.1, -0.05) is 11.3 Å². The molecule has 0 bridgehead atoms. The number of anilines is 1. The van der Waals surface area contributed by atoms with Crippen LogP contribution in [0.2, 0.25) is 0 Å². The van der Waals surface area contributed by atoms with E-state index in [-0.39, 0.29) is 11.8 Å². The SMILES string of the molecule is CC(=O)Nc1nc2c(s1)-c1nn(C(C)=O)cc1CC2. The summed E-state index contributed by atoms with van der Waals surface area (Å²) in [5, 5.41) is 7.58. The van der Waals surface area contributed by atoms with Crippen LogP contribution in [-0.2, 0) is 17.6 Å². The van der Waals surface area contributed by atoms with Crippen molar-refractivity contribution in [3.05, 3.63) is 17.5 Å². The summed E-state index contributed by atoms with van der Waals surface area (Å²) in [6.45, 7) is 2.94. The van der Waals surface area contributed by atoms with Crippen LogP contribution in [0.4, 0.5) is 5.13 Å². The Morgan fingerprint density at radius 1 is 1.37 bits per heavy atom. The molecule has 6 nitrogen and oxygen atoms in total. The molecule has 0 unspecified atom stereocenters. The zero-order valence-electron chi connectivity index (χ0n) is 10.6. The molecule has 2 aromatic heterocycles. The number of rotatable bonds is 1. The Labute approximate surface area is 113 Å². The molecule has 0 atom stereocenters. The lowest BCUT2D eigenvalue weighted by Gasteiger charge is -2.07. The van der Waals surface area contributed by atoms with E-state index in [4.69, 9.17) is 0 Å². The van der Waals surface area contributed by atoms with Crippen molar-refractivity contribution >= 4 is 28.3 Å². The van der Waals surface area contributed by atoms with Gasteiger partial charge in [0.25, 0.3) is 0 Å². The highest BCUT2D eigenvalue weighted by Gasteiger charge is 2.24. The predicted octanol–water partition coefficient (Wildman–Crippen LogP) is 1.72. The molecular formula is C12H12N4O2S. The van der Waals surface area contributed by atoms with E-state index in [0.29, 0.717) is 5.13 Å². The van der Waals surface area contributed by atoms with Crippen LogP contribution in [0.5, 0.6) is 0 Å². The molecule has 1 aliphatic carbocycles. The second-order valence-corrected chi connectivity index (χ2v) is 5.44. The Morgan fingerprint density at radius 2 is 2.16 bits per heavy atom. The summed E-state index contributed by atoms with van der Waals surface area (Å²) in [6, 6.07) is 0. The third kappa shape index (κ3) is 2.06. The summed E-state index contributed by atoms with van der Waals surface area (Å²) in [5.74, 6) is -0.247. The molecule has 3 rings (SSSR count). The third-order valence-corrected chi connectivity index (χ3v) is 3.96. The van der Waals surface area contributed by atoms with Crippen LogP contribution in [0, 0.1) is 0 Å². The Kier molecular flexibility index (Phi) is 2.70. The number of carbonyl (C=O) groups is 2. The maximum atomic E-state index is 11.4. The van der Waals surface area contributed by atoms with Gasteiger partial charge in [-0.25, -0.2) is 9.67 Å². The van der Waals surface area contributed by atoms with E-state index in [1.807, 2.05) is 0 Å². The quantitative estimate of drug-likeness (QED) is 0.860. The van der Waals surface area contributed by atoms with E-state index >= 15 is 0 Å². The van der Waals surface area contributed by atoms with Crippen LogP contribution >= 0.6 is 11.3 Å². The second kappa shape index (κ2) is 4.27. The number of hydrogen-bond donors (Lipinski definition) is 1. The number of aryl methyl sites for hydroxylation is 2. The molecule has 1 amide bonds. The van der Waals surface area contributed by atoms with Crippen LogP contribution in [0.15, 0.2) is 6.20 Å². The molecule has 19 heavy (non-hydrogen) atoms. The van der Waals surface area contributed by atoms with Gasteiger partial charge in [-0.15, -0.1) is 0 Å². The summed E-state index contributed by atoms with van der Waals surface area (Å²) >= 11 is 1.40. The first-order chi connectivity index (χ1) is 9.04. The number of carbonyl (C=O) groups excluding carboxylic acids is 2. The summed E-state index contributed by atoms with van der Waals surface area (Å²) in [6.07, 6.45) is 3.40. The highest BCUT2D eigenvalue weighted by atomic mass is 32.1. The molecule has 2 aromatic rings. The molecule has 0 saturated heterocycles. The van der Waals surface area contributed by atoms with Crippen LogP contribution in [0.1, 0.15) is 29.9 Å². The third-order valence-electron chi connectivity index (χ3n) is 2.94. The second-order valence-electron chi connectivity index (χ2n) is 4.44. The van der Waals surface area contributed by atoms with Gasteiger partial charge in [0.2, 0.25) is 11.8 Å². The molecule has 0 aromatic carbocycles. The highest BCUT2D eigenvalue weighted by Crippen LogP contribution is 2.38. The molecule has 2 heterocycles. The first-order valence-electron chi connectivity index (χ1n) is 5.91. The lowest BCUT2D eigenvalue weighted by molar-refractivity contribution is -0.114. The van der Waals surface area contributed by atoms with Crippen LogP contribution in [0.3, 0.4) is 0 Å². The van der Waals surface area contributed by atoms with E-state index in [2.05, 4.69) is 15.4 Å². The van der Waals surface area contributed by atoms with E-state index in [1.165, 1.54) is 29.9 Å². The normalized spacial score (nSPS) is 12.7. The van der Waals surface area contributed by atoms with Crippen molar-refractivity contribution in [1.82, 2.24) is 14.8 Å². The first-order valence-corrected chi connectivity index (χ1v) is 6.73. The van der Waals surface area contributed by atoms with Gasteiger partial charge < -0.3 is 5.32 Å². The Morgan fingerprint density at radius 3 is 2.84 bits per heavy atom. The predicted molar refractivity (Wildman–Crippen MR) is 71.3 cm³/mol. The van der Waals surface area contributed by atoms with E-state index in [0.717, 1.165) is 34.7 Å². The lowest BCUT2D eigenvalue weighted by atomic mass is 10.0. The highest BCUT2D eigenvalue weighted by molar-refractivity contribution is 7.19. The van der Waals surface area contributed by atoms with Crippen molar-refractivity contribution in [3.8, 4) is 10.6 Å². The maximum absolute atomic E-state index is 11.4. The molecular weight excluding hydrogens is 264 g/mol. The van der Waals surface area contributed by atoms with Crippen molar-refractivity contribution in [2.75, 3.05) is 5.32 Å². The van der Waals surface area contributed by atoms with Gasteiger partial charge in [0.15, 0.2) is 5.13 Å². The Hall–Kier alpha value is -2.02. The van der Waals surface area contributed by atoms with Crippen molar-refractivity contribution < 1.29 is 9.59 Å². The van der Waals surface area contributed by atoms with Gasteiger partial charge in [0.05, 0.1) is 10.6 Å². The standard InChI is InChI=1S/C12H12N4O2S/c1-6(17)13-12-14-9-4-3-8-5-16(7(2)18)15-10(8)11(9)19-12/h5H,3-4H2,1-2H3,(H,13,14,17). The number of fused-ring (bicyclic) bond motifs is 3.